The van der Waals surface area contributed by atoms with E-state index in [0.717, 1.165) is 19.5 Å². The molecule has 0 aromatic heterocycles. The number of hydrogen-bond acceptors (Lipinski definition) is 3. The second-order valence-corrected chi connectivity index (χ2v) is 6.49. The Hall–Kier alpha value is -0.810. The number of halogens is 2. The molecule has 1 aromatic rings. The quantitative estimate of drug-likeness (QED) is 0.898. The van der Waals surface area contributed by atoms with Gasteiger partial charge in [-0.1, -0.05) is 30.1 Å². The molecule has 110 valence electrons. The van der Waals surface area contributed by atoms with Gasteiger partial charge < -0.3 is 11.1 Å². The van der Waals surface area contributed by atoms with Gasteiger partial charge in [0.15, 0.2) is 0 Å². The molecule has 1 atom stereocenters. The zero-order valence-electron chi connectivity index (χ0n) is 11.5. The van der Waals surface area contributed by atoms with Gasteiger partial charge in [-0.2, -0.15) is 0 Å². The standard InChI is InChI=1S/C14H19Cl2N3O/c1-14(8-17)4-5-19(9-14)7-13(20)18-12-6-10(15)2-3-11(12)16/h2-3,6H,4-5,7-9,17H2,1H3,(H,18,20). The molecule has 6 heteroatoms. The number of rotatable bonds is 4. The van der Waals surface area contributed by atoms with Gasteiger partial charge in [0, 0.05) is 11.6 Å². The van der Waals surface area contributed by atoms with Gasteiger partial charge in [-0.05, 0) is 43.1 Å². The summed E-state index contributed by atoms with van der Waals surface area (Å²) >= 11 is 11.9. The van der Waals surface area contributed by atoms with Crippen LogP contribution < -0.4 is 11.1 Å². The number of likely N-dealkylation sites (tertiary alicyclic amines) is 1. The highest BCUT2D eigenvalue weighted by Crippen LogP contribution is 2.29. The van der Waals surface area contributed by atoms with Gasteiger partial charge in [0.25, 0.3) is 0 Å². The Labute approximate surface area is 129 Å². The van der Waals surface area contributed by atoms with Gasteiger partial charge in [0.2, 0.25) is 5.91 Å². The van der Waals surface area contributed by atoms with Gasteiger partial charge >= 0.3 is 0 Å². The lowest BCUT2D eigenvalue weighted by Gasteiger charge is -2.22. The van der Waals surface area contributed by atoms with E-state index in [0.29, 0.717) is 28.8 Å². The molecule has 3 N–H and O–H groups in total. The van der Waals surface area contributed by atoms with E-state index in [1.165, 1.54) is 0 Å². The van der Waals surface area contributed by atoms with Crippen LogP contribution in [-0.4, -0.2) is 37.0 Å². The predicted octanol–water partition coefficient (Wildman–Crippen LogP) is 2.60. The molecule has 0 saturated carbocycles. The smallest absolute Gasteiger partial charge is 0.238 e. The number of carbonyl (C=O) groups is 1. The highest BCUT2D eigenvalue weighted by molar-refractivity contribution is 6.35. The average molecular weight is 316 g/mol. The van der Waals surface area contributed by atoms with Gasteiger partial charge in [-0.15, -0.1) is 0 Å². The zero-order valence-corrected chi connectivity index (χ0v) is 13.0. The van der Waals surface area contributed by atoms with Crippen molar-refractivity contribution in [3.63, 3.8) is 0 Å². The van der Waals surface area contributed by atoms with Crippen LogP contribution in [0.1, 0.15) is 13.3 Å². The fourth-order valence-electron chi connectivity index (χ4n) is 2.41. The van der Waals surface area contributed by atoms with Gasteiger partial charge in [-0.3, -0.25) is 9.69 Å². The highest BCUT2D eigenvalue weighted by Gasteiger charge is 2.33. The number of anilines is 1. The average Bonchev–Trinajstić information content (AvgIpc) is 2.76. The Bertz CT molecular complexity index is 509. The normalized spacial score (nSPS) is 23.0. The van der Waals surface area contributed by atoms with E-state index < -0.39 is 0 Å². The molecular formula is C14H19Cl2N3O. The van der Waals surface area contributed by atoms with E-state index in [9.17, 15) is 4.79 Å². The fourth-order valence-corrected chi connectivity index (χ4v) is 2.75. The summed E-state index contributed by atoms with van der Waals surface area (Å²) in [6, 6.07) is 5.00. The van der Waals surface area contributed by atoms with E-state index in [-0.39, 0.29) is 11.3 Å². The SMILES string of the molecule is CC1(CN)CCN(CC(=O)Nc2cc(Cl)ccc2Cl)C1. The molecule has 20 heavy (non-hydrogen) atoms. The Balaban J connectivity index is 1.92. The number of nitrogens with two attached hydrogens (primary N) is 1. The lowest BCUT2D eigenvalue weighted by Crippen LogP contribution is -2.35. The summed E-state index contributed by atoms with van der Waals surface area (Å²) in [6.07, 6.45) is 1.02. The number of hydrogen-bond donors (Lipinski definition) is 2. The first-order valence-electron chi connectivity index (χ1n) is 6.59. The Morgan fingerprint density at radius 2 is 2.25 bits per heavy atom. The summed E-state index contributed by atoms with van der Waals surface area (Å²) in [5, 5.41) is 3.82. The first kappa shape index (κ1) is 15.6. The number of carbonyl (C=O) groups excluding carboxylic acids is 1. The van der Waals surface area contributed by atoms with Gasteiger partial charge in [-0.25, -0.2) is 0 Å². The van der Waals surface area contributed by atoms with Crippen LogP contribution in [0, 0.1) is 5.41 Å². The molecule has 1 fully saturated rings. The summed E-state index contributed by atoms with van der Waals surface area (Å²) in [5.74, 6) is -0.0876. The number of nitrogens with one attached hydrogen (secondary N) is 1. The second kappa shape index (κ2) is 6.31. The minimum atomic E-state index is -0.0876. The molecule has 0 aliphatic carbocycles. The minimum absolute atomic E-state index is 0.0876. The molecule has 0 spiro atoms. The lowest BCUT2D eigenvalue weighted by molar-refractivity contribution is -0.117. The summed E-state index contributed by atoms with van der Waals surface area (Å²) in [5.41, 5.74) is 6.43. The number of benzene rings is 1. The largest absolute Gasteiger partial charge is 0.330 e. The number of nitrogens with zero attached hydrogens (tertiary/aromatic N) is 1. The predicted molar refractivity (Wildman–Crippen MR) is 83.3 cm³/mol. The van der Waals surface area contributed by atoms with Crippen LogP contribution in [0.4, 0.5) is 5.69 Å². The lowest BCUT2D eigenvalue weighted by atomic mass is 9.90. The van der Waals surface area contributed by atoms with Crippen molar-refractivity contribution in [2.75, 3.05) is 31.5 Å². The summed E-state index contributed by atoms with van der Waals surface area (Å²) in [4.78, 5) is 14.2. The van der Waals surface area contributed by atoms with Crippen molar-refractivity contribution in [1.29, 1.82) is 0 Å². The number of amides is 1. The van der Waals surface area contributed by atoms with Crippen molar-refractivity contribution >= 4 is 34.8 Å². The Morgan fingerprint density at radius 3 is 2.90 bits per heavy atom. The van der Waals surface area contributed by atoms with E-state index in [1.807, 2.05) is 0 Å². The first-order chi connectivity index (χ1) is 9.42. The zero-order chi connectivity index (χ0) is 14.8. The van der Waals surface area contributed by atoms with E-state index in [1.54, 1.807) is 18.2 Å². The molecular weight excluding hydrogens is 297 g/mol. The maximum absolute atomic E-state index is 12.0. The summed E-state index contributed by atoms with van der Waals surface area (Å²) in [7, 11) is 0. The van der Waals surface area contributed by atoms with Crippen molar-refractivity contribution in [3.05, 3.63) is 28.2 Å². The third-order valence-corrected chi connectivity index (χ3v) is 4.26. The van der Waals surface area contributed by atoms with Crippen molar-refractivity contribution in [2.45, 2.75) is 13.3 Å². The molecule has 1 aliphatic rings. The first-order valence-corrected chi connectivity index (χ1v) is 7.35. The van der Waals surface area contributed by atoms with Crippen molar-refractivity contribution < 1.29 is 4.79 Å². The van der Waals surface area contributed by atoms with Crippen LogP contribution in [0.15, 0.2) is 18.2 Å². The highest BCUT2D eigenvalue weighted by atomic mass is 35.5. The molecule has 4 nitrogen and oxygen atoms in total. The monoisotopic (exact) mass is 315 g/mol. The summed E-state index contributed by atoms with van der Waals surface area (Å²) in [6.45, 7) is 4.88. The second-order valence-electron chi connectivity index (χ2n) is 5.65. The molecule has 1 saturated heterocycles. The molecule has 1 aromatic carbocycles. The van der Waals surface area contributed by atoms with E-state index in [2.05, 4.69) is 17.1 Å². The molecule has 1 heterocycles. The molecule has 1 amide bonds. The van der Waals surface area contributed by atoms with Crippen LogP contribution in [0.3, 0.4) is 0 Å². The molecule has 0 radical (unpaired) electrons. The van der Waals surface area contributed by atoms with Gasteiger partial charge in [0.1, 0.15) is 0 Å². The molecule has 0 bridgehead atoms. The summed E-state index contributed by atoms with van der Waals surface area (Å²) < 4.78 is 0. The fraction of sp³-hybridized carbons (Fsp3) is 0.500. The molecule has 1 aliphatic heterocycles. The van der Waals surface area contributed by atoms with Crippen LogP contribution >= 0.6 is 23.2 Å². The minimum Gasteiger partial charge on any atom is -0.330 e. The molecule has 1 unspecified atom stereocenters. The van der Waals surface area contributed by atoms with Crippen LogP contribution in [0.2, 0.25) is 10.0 Å². The van der Waals surface area contributed by atoms with Crippen LogP contribution in [0.25, 0.3) is 0 Å². The van der Waals surface area contributed by atoms with Crippen LogP contribution in [0.5, 0.6) is 0 Å². The molecule has 2 rings (SSSR count). The van der Waals surface area contributed by atoms with E-state index in [4.69, 9.17) is 28.9 Å². The van der Waals surface area contributed by atoms with E-state index >= 15 is 0 Å². The van der Waals surface area contributed by atoms with Gasteiger partial charge in [0.05, 0.1) is 17.3 Å². The van der Waals surface area contributed by atoms with Crippen molar-refractivity contribution in [2.24, 2.45) is 11.1 Å². The maximum atomic E-state index is 12.0. The maximum Gasteiger partial charge on any atom is 0.238 e. The Kier molecular flexibility index (Phi) is 4.91. The van der Waals surface area contributed by atoms with Crippen molar-refractivity contribution in [1.82, 2.24) is 4.90 Å². The Morgan fingerprint density at radius 1 is 1.50 bits per heavy atom. The topological polar surface area (TPSA) is 58.4 Å². The van der Waals surface area contributed by atoms with Crippen LogP contribution in [-0.2, 0) is 4.79 Å². The third-order valence-electron chi connectivity index (χ3n) is 3.70. The van der Waals surface area contributed by atoms with Crippen molar-refractivity contribution in [3.8, 4) is 0 Å². The third kappa shape index (κ3) is 3.85.